The number of imide groups is 1. The lowest BCUT2D eigenvalue weighted by atomic mass is 10.6. The normalized spacial score (nSPS) is 16.5. The first kappa shape index (κ1) is 9.17. The molecule has 0 aromatic heterocycles. The van der Waals surface area contributed by atoms with Crippen molar-refractivity contribution in [2.75, 3.05) is 13.1 Å². The van der Waals surface area contributed by atoms with E-state index in [2.05, 4.69) is 15.7 Å². The minimum absolute atomic E-state index is 0.0730. The summed E-state index contributed by atoms with van der Waals surface area (Å²) in [5.74, 6) is -0.384. The molecular formula is C6H8N4O3. The first-order valence-corrected chi connectivity index (χ1v) is 3.55. The average Bonchev–Trinajstić information content (AvgIpc) is 2.39. The fraction of sp³-hybridized carbons (Fsp3) is 0.333. The number of carbonyl (C=O) groups excluding carboxylic acids is 3. The van der Waals surface area contributed by atoms with Crippen molar-refractivity contribution >= 4 is 24.6 Å². The molecule has 70 valence electrons. The van der Waals surface area contributed by atoms with E-state index in [1.54, 1.807) is 0 Å². The van der Waals surface area contributed by atoms with E-state index in [9.17, 15) is 14.4 Å². The number of carbonyl (C=O) groups is 3. The van der Waals surface area contributed by atoms with Crippen LogP contribution in [-0.2, 0) is 9.59 Å². The predicted molar refractivity (Wildman–Crippen MR) is 42.8 cm³/mol. The van der Waals surface area contributed by atoms with Gasteiger partial charge in [0.1, 0.15) is 6.54 Å². The van der Waals surface area contributed by atoms with E-state index in [0.717, 1.165) is 5.01 Å². The van der Waals surface area contributed by atoms with Gasteiger partial charge in [-0.2, -0.15) is 5.10 Å². The van der Waals surface area contributed by atoms with Gasteiger partial charge in [-0.25, -0.2) is 9.80 Å². The summed E-state index contributed by atoms with van der Waals surface area (Å²) < 4.78 is 0. The molecule has 0 aromatic carbocycles. The molecule has 0 spiro atoms. The zero-order valence-corrected chi connectivity index (χ0v) is 6.69. The zero-order chi connectivity index (χ0) is 9.68. The number of hydrazone groups is 1. The third kappa shape index (κ3) is 2.55. The maximum absolute atomic E-state index is 10.8. The number of nitrogens with zero attached hydrogens (tertiary/aromatic N) is 2. The molecule has 0 bridgehead atoms. The van der Waals surface area contributed by atoms with Gasteiger partial charge in [0.25, 0.3) is 0 Å². The zero-order valence-electron chi connectivity index (χ0n) is 6.69. The molecule has 0 aliphatic carbocycles. The van der Waals surface area contributed by atoms with Crippen LogP contribution in [0.1, 0.15) is 0 Å². The molecule has 1 heterocycles. The van der Waals surface area contributed by atoms with Gasteiger partial charge in [0, 0.05) is 6.21 Å². The largest absolute Gasteiger partial charge is 0.354 e. The first-order valence-electron chi connectivity index (χ1n) is 3.55. The lowest BCUT2D eigenvalue weighted by Gasteiger charge is -2.03. The van der Waals surface area contributed by atoms with Gasteiger partial charge >= 0.3 is 6.03 Å². The minimum atomic E-state index is -0.549. The van der Waals surface area contributed by atoms with Crippen LogP contribution in [0.5, 0.6) is 0 Å². The summed E-state index contributed by atoms with van der Waals surface area (Å²) in [5.41, 5.74) is 0. The monoisotopic (exact) mass is 184 g/mol. The SMILES string of the molecule is O=CNC/C=N/N1CC(=O)NC1=O. The van der Waals surface area contributed by atoms with Crippen molar-refractivity contribution in [1.29, 1.82) is 0 Å². The van der Waals surface area contributed by atoms with Gasteiger partial charge in [-0.1, -0.05) is 0 Å². The van der Waals surface area contributed by atoms with E-state index >= 15 is 0 Å². The van der Waals surface area contributed by atoms with Crippen LogP contribution < -0.4 is 10.6 Å². The molecule has 1 aliphatic rings. The van der Waals surface area contributed by atoms with Crippen LogP contribution in [0, 0.1) is 0 Å². The molecule has 1 aliphatic heterocycles. The highest BCUT2D eigenvalue weighted by Gasteiger charge is 2.25. The third-order valence-corrected chi connectivity index (χ3v) is 1.29. The molecule has 13 heavy (non-hydrogen) atoms. The summed E-state index contributed by atoms with van der Waals surface area (Å²) in [6.45, 7) is 0.151. The van der Waals surface area contributed by atoms with E-state index in [4.69, 9.17) is 0 Å². The average molecular weight is 184 g/mol. The van der Waals surface area contributed by atoms with E-state index in [1.165, 1.54) is 6.21 Å². The molecule has 1 rings (SSSR count). The van der Waals surface area contributed by atoms with Crippen molar-refractivity contribution in [2.45, 2.75) is 0 Å². The molecule has 0 unspecified atom stereocenters. The lowest BCUT2D eigenvalue weighted by Crippen LogP contribution is -2.25. The smallest absolute Gasteiger partial charge is 0.344 e. The highest BCUT2D eigenvalue weighted by atomic mass is 16.2. The van der Waals surface area contributed by atoms with Gasteiger partial charge in [-0.15, -0.1) is 0 Å². The van der Waals surface area contributed by atoms with Crippen molar-refractivity contribution in [2.24, 2.45) is 5.10 Å². The second-order valence-corrected chi connectivity index (χ2v) is 2.24. The van der Waals surface area contributed by atoms with Gasteiger partial charge in [-0.3, -0.25) is 14.9 Å². The summed E-state index contributed by atoms with van der Waals surface area (Å²) >= 11 is 0. The minimum Gasteiger partial charge on any atom is -0.354 e. The molecule has 1 fully saturated rings. The number of hydrogen-bond acceptors (Lipinski definition) is 4. The second kappa shape index (κ2) is 4.19. The standard InChI is InChI=1S/C6H8N4O3/c11-4-7-1-2-8-10-3-5(12)9-6(10)13/h2,4H,1,3H2,(H,7,11)(H,9,12,13)/b8-2+. The molecule has 0 radical (unpaired) electrons. The van der Waals surface area contributed by atoms with Crippen LogP contribution in [0.2, 0.25) is 0 Å². The molecule has 2 N–H and O–H groups in total. The Kier molecular flexibility index (Phi) is 2.96. The van der Waals surface area contributed by atoms with Gasteiger partial charge in [-0.05, 0) is 0 Å². The Balaban J connectivity index is 2.36. The van der Waals surface area contributed by atoms with Crippen molar-refractivity contribution in [3.63, 3.8) is 0 Å². The van der Waals surface area contributed by atoms with Gasteiger partial charge in [0.05, 0.1) is 6.54 Å². The highest BCUT2D eigenvalue weighted by molar-refractivity contribution is 6.01. The Hall–Kier alpha value is -1.92. The maximum atomic E-state index is 10.8. The van der Waals surface area contributed by atoms with Crippen LogP contribution in [0.25, 0.3) is 0 Å². The van der Waals surface area contributed by atoms with Crippen molar-refractivity contribution in [1.82, 2.24) is 15.6 Å². The van der Waals surface area contributed by atoms with Crippen molar-refractivity contribution in [3.05, 3.63) is 0 Å². The van der Waals surface area contributed by atoms with Crippen LogP contribution >= 0.6 is 0 Å². The molecule has 4 amide bonds. The first-order chi connectivity index (χ1) is 6.24. The van der Waals surface area contributed by atoms with Crippen molar-refractivity contribution < 1.29 is 14.4 Å². The maximum Gasteiger partial charge on any atom is 0.344 e. The van der Waals surface area contributed by atoms with Crippen molar-refractivity contribution in [3.8, 4) is 0 Å². The number of urea groups is 1. The highest BCUT2D eigenvalue weighted by Crippen LogP contribution is 1.96. The molecule has 0 aromatic rings. The summed E-state index contributed by atoms with van der Waals surface area (Å²) in [5, 5.41) is 9.00. The van der Waals surface area contributed by atoms with Gasteiger partial charge in [0.15, 0.2) is 0 Å². The Morgan fingerprint density at radius 2 is 2.38 bits per heavy atom. The molecular weight excluding hydrogens is 176 g/mol. The predicted octanol–water partition coefficient (Wildman–Crippen LogP) is -1.73. The lowest BCUT2D eigenvalue weighted by molar-refractivity contribution is -0.118. The topological polar surface area (TPSA) is 90.9 Å². The summed E-state index contributed by atoms with van der Waals surface area (Å²) in [4.78, 5) is 31.3. The van der Waals surface area contributed by atoms with Crippen LogP contribution in [0.15, 0.2) is 5.10 Å². The molecule has 1 saturated heterocycles. The van der Waals surface area contributed by atoms with Crippen LogP contribution in [0.3, 0.4) is 0 Å². The van der Waals surface area contributed by atoms with E-state index in [1.807, 2.05) is 0 Å². The Morgan fingerprint density at radius 3 is 2.92 bits per heavy atom. The van der Waals surface area contributed by atoms with Crippen LogP contribution in [-0.4, -0.2) is 42.7 Å². The summed E-state index contributed by atoms with van der Waals surface area (Å²) in [6.07, 6.45) is 1.84. The Morgan fingerprint density at radius 1 is 1.62 bits per heavy atom. The van der Waals surface area contributed by atoms with Gasteiger partial charge < -0.3 is 5.32 Å². The van der Waals surface area contributed by atoms with E-state index in [0.29, 0.717) is 6.41 Å². The number of nitrogens with one attached hydrogen (secondary N) is 2. The number of hydrogen-bond donors (Lipinski definition) is 2. The summed E-state index contributed by atoms with van der Waals surface area (Å²) in [6, 6.07) is -0.549. The Bertz CT molecular complexity index is 263. The molecule has 0 atom stereocenters. The second-order valence-electron chi connectivity index (χ2n) is 2.24. The fourth-order valence-corrected chi connectivity index (χ4v) is 0.765. The number of rotatable bonds is 4. The molecule has 0 saturated carbocycles. The molecule has 7 heteroatoms. The summed E-state index contributed by atoms with van der Waals surface area (Å²) in [7, 11) is 0. The van der Waals surface area contributed by atoms with E-state index < -0.39 is 6.03 Å². The molecule has 7 nitrogen and oxygen atoms in total. The van der Waals surface area contributed by atoms with Crippen LogP contribution in [0.4, 0.5) is 4.79 Å². The van der Waals surface area contributed by atoms with Gasteiger partial charge in [0.2, 0.25) is 12.3 Å². The Labute approximate surface area is 73.8 Å². The van der Waals surface area contributed by atoms with E-state index in [-0.39, 0.29) is 19.0 Å². The quantitative estimate of drug-likeness (QED) is 0.235. The number of amides is 4. The fourth-order valence-electron chi connectivity index (χ4n) is 0.765. The third-order valence-electron chi connectivity index (χ3n) is 1.29.